The third-order valence-corrected chi connectivity index (χ3v) is 4.70. The molecule has 2 unspecified atom stereocenters. The first kappa shape index (κ1) is 22.1. The van der Waals surface area contributed by atoms with E-state index < -0.39 is 11.6 Å². The van der Waals surface area contributed by atoms with Gasteiger partial charge in [-0.2, -0.15) is 0 Å². The normalized spacial score (nSPS) is 19.4. The highest BCUT2D eigenvalue weighted by atomic mass is 127. The molecule has 4 nitrogen and oxygen atoms in total. The second-order valence-electron chi connectivity index (χ2n) is 6.33. The molecule has 1 aliphatic rings. The van der Waals surface area contributed by atoms with Gasteiger partial charge in [-0.1, -0.05) is 19.9 Å². The molecule has 0 radical (unpaired) electrons. The number of rotatable bonds is 6. The number of aliphatic imine (C=N–C) groups is 1. The highest BCUT2D eigenvalue weighted by Gasteiger charge is 2.22. The summed E-state index contributed by atoms with van der Waals surface area (Å²) in [7, 11) is 1.73. The van der Waals surface area contributed by atoms with Gasteiger partial charge in [0, 0.05) is 38.2 Å². The Bertz CT molecular complexity index is 568. The Morgan fingerprint density at radius 2 is 2.12 bits per heavy atom. The molecule has 2 N–H and O–H groups in total. The summed E-state index contributed by atoms with van der Waals surface area (Å²) in [6.45, 7) is 7.71. The molecule has 1 aromatic carbocycles. The van der Waals surface area contributed by atoms with Gasteiger partial charge in [0.25, 0.3) is 0 Å². The molecule has 1 heterocycles. The summed E-state index contributed by atoms with van der Waals surface area (Å²) in [5.41, 5.74) is 0.507. The van der Waals surface area contributed by atoms with Gasteiger partial charge in [0.2, 0.25) is 0 Å². The lowest BCUT2D eigenvalue weighted by molar-refractivity contribution is 0.267. The van der Waals surface area contributed by atoms with Crippen LogP contribution in [0.5, 0.6) is 0 Å². The van der Waals surface area contributed by atoms with Crippen molar-refractivity contribution in [1.29, 1.82) is 0 Å². The van der Waals surface area contributed by atoms with Crippen LogP contribution in [0.1, 0.15) is 38.2 Å². The molecule has 7 heteroatoms. The van der Waals surface area contributed by atoms with E-state index in [1.54, 1.807) is 7.05 Å². The number of nitrogens with one attached hydrogen (secondary N) is 2. The number of hydrogen-bond acceptors (Lipinski definition) is 2. The second-order valence-corrected chi connectivity index (χ2v) is 6.33. The minimum absolute atomic E-state index is 0. The molecule has 1 aliphatic heterocycles. The number of benzene rings is 1. The van der Waals surface area contributed by atoms with Crippen molar-refractivity contribution in [3.63, 3.8) is 0 Å². The lowest BCUT2D eigenvalue weighted by atomic mass is 10.0. The van der Waals surface area contributed by atoms with Crippen LogP contribution in [0.2, 0.25) is 0 Å². The predicted octanol–water partition coefficient (Wildman–Crippen LogP) is 3.34. The van der Waals surface area contributed by atoms with E-state index in [4.69, 9.17) is 0 Å². The van der Waals surface area contributed by atoms with Gasteiger partial charge in [-0.05, 0) is 37.6 Å². The largest absolute Gasteiger partial charge is 0.356 e. The standard InChI is InChI=1S/C18H28F2N4.HI/c1-4-24-9-5-6-15(24)12-23-18(21-3)22-11-13(2)16-8-7-14(19)10-17(16)20;/h7-8,10,13,15H,4-6,9,11-12H2,1-3H3,(H2,21,22,23);1H. The van der Waals surface area contributed by atoms with Gasteiger partial charge in [-0.3, -0.25) is 9.89 Å². The molecular formula is C18H29F2IN4. The van der Waals surface area contributed by atoms with E-state index in [0.29, 0.717) is 24.1 Å². The molecule has 0 bridgehead atoms. The molecule has 0 amide bonds. The van der Waals surface area contributed by atoms with Gasteiger partial charge in [-0.25, -0.2) is 8.78 Å². The third-order valence-electron chi connectivity index (χ3n) is 4.70. The van der Waals surface area contributed by atoms with Gasteiger partial charge < -0.3 is 10.6 Å². The van der Waals surface area contributed by atoms with E-state index in [-0.39, 0.29) is 29.9 Å². The summed E-state index contributed by atoms with van der Waals surface area (Å²) in [5, 5.41) is 6.58. The van der Waals surface area contributed by atoms with E-state index in [1.807, 2.05) is 6.92 Å². The van der Waals surface area contributed by atoms with Gasteiger partial charge in [0.1, 0.15) is 11.6 Å². The summed E-state index contributed by atoms with van der Waals surface area (Å²) >= 11 is 0. The molecular weight excluding hydrogens is 437 g/mol. The van der Waals surface area contributed by atoms with Crippen molar-refractivity contribution in [3.8, 4) is 0 Å². The van der Waals surface area contributed by atoms with E-state index >= 15 is 0 Å². The number of hydrogen-bond donors (Lipinski definition) is 2. The quantitative estimate of drug-likeness (QED) is 0.384. The smallest absolute Gasteiger partial charge is 0.191 e. The van der Waals surface area contributed by atoms with Crippen LogP contribution in [0, 0.1) is 11.6 Å². The van der Waals surface area contributed by atoms with Gasteiger partial charge in [-0.15, -0.1) is 24.0 Å². The van der Waals surface area contributed by atoms with Crippen LogP contribution >= 0.6 is 24.0 Å². The van der Waals surface area contributed by atoms with Crippen molar-refractivity contribution < 1.29 is 8.78 Å². The Labute approximate surface area is 166 Å². The number of halogens is 3. The molecule has 0 aliphatic carbocycles. The molecule has 2 atom stereocenters. The fraction of sp³-hybridized carbons (Fsp3) is 0.611. The summed E-state index contributed by atoms with van der Waals surface area (Å²) < 4.78 is 26.8. The third kappa shape index (κ3) is 6.36. The van der Waals surface area contributed by atoms with Crippen molar-refractivity contribution in [2.24, 2.45) is 4.99 Å². The Morgan fingerprint density at radius 1 is 1.36 bits per heavy atom. The predicted molar refractivity (Wildman–Crippen MR) is 110 cm³/mol. The second kappa shape index (κ2) is 10.9. The van der Waals surface area contributed by atoms with Crippen LogP contribution in [-0.4, -0.2) is 50.1 Å². The molecule has 142 valence electrons. The van der Waals surface area contributed by atoms with E-state index in [1.165, 1.54) is 25.0 Å². The maximum absolute atomic E-state index is 13.8. The monoisotopic (exact) mass is 466 g/mol. The summed E-state index contributed by atoms with van der Waals surface area (Å²) in [6.07, 6.45) is 2.45. The van der Waals surface area contributed by atoms with Crippen molar-refractivity contribution in [3.05, 3.63) is 35.4 Å². The Morgan fingerprint density at radius 3 is 2.76 bits per heavy atom. The first-order valence-corrected chi connectivity index (χ1v) is 8.68. The lowest BCUT2D eigenvalue weighted by Crippen LogP contribution is -2.45. The highest BCUT2D eigenvalue weighted by molar-refractivity contribution is 14.0. The van der Waals surface area contributed by atoms with Gasteiger partial charge in [0.05, 0.1) is 0 Å². The SMILES string of the molecule is CCN1CCCC1CNC(=NC)NCC(C)c1ccc(F)cc1F.I. The molecule has 1 aromatic rings. The number of nitrogens with zero attached hydrogens (tertiary/aromatic N) is 2. The van der Waals surface area contributed by atoms with E-state index in [0.717, 1.165) is 25.7 Å². The number of guanidine groups is 1. The molecule has 0 aromatic heterocycles. The average Bonchev–Trinajstić information content (AvgIpc) is 3.02. The fourth-order valence-corrected chi connectivity index (χ4v) is 3.24. The summed E-state index contributed by atoms with van der Waals surface area (Å²) in [5.74, 6) is -0.419. The summed E-state index contributed by atoms with van der Waals surface area (Å²) in [4.78, 5) is 6.69. The Hall–Kier alpha value is -0.960. The van der Waals surface area contributed by atoms with Gasteiger partial charge >= 0.3 is 0 Å². The van der Waals surface area contributed by atoms with Crippen LogP contribution in [0.3, 0.4) is 0 Å². The summed E-state index contributed by atoms with van der Waals surface area (Å²) in [6, 6.07) is 4.27. The highest BCUT2D eigenvalue weighted by Crippen LogP contribution is 2.19. The molecule has 0 saturated carbocycles. The van der Waals surface area contributed by atoms with Crippen LogP contribution in [0.15, 0.2) is 23.2 Å². The molecule has 0 spiro atoms. The number of likely N-dealkylation sites (N-methyl/N-ethyl adjacent to an activating group) is 1. The maximum atomic E-state index is 13.8. The fourth-order valence-electron chi connectivity index (χ4n) is 3.24. The zero-order valence-electron chi connectivity index (χ0n) is 15.2. The van der Waals surface area contributed by atoms with Gasteiger partial charge in [0.15, 0.2) is 5.96 Å². The van der Waals surface area contributed by atoms with Crippen molar-refractivity contribution in [2.45, 2.75) is 38.6 Å². The molecule has 25 heavy (non-hydrogen) atoms. The van der Waals surface area contributed by atoms with E-state index in [2.05, 4.69) is 27.4 Å². The van der Waals surface area contributed by atoms with Crippen LogP contribution in [0.25, 0.3) is 0 Å². The molecule has 1 fully saturated rings. The minimum atomic E-state index is -0.550. The topological polar surface area (TPSA) is 39.7 Å². The lowest BCUT2D eigenvalue weighted by Gasteiger charge is -2.24. The number of likely N-dealkylation sites (tertiary alicyclic amines) is 1. The van der Waals surface area contributed by atoms with Crippen LogP contribution in [0.4, 0.5) is 8.78 Å². The van der Waals surface area contributed by atoms with Crippen molar-refractivity contribution >= 4 is 29.9 Å². The molecule has 1 saturated heterocycles. The van der Waals surface area contributed by atoms with Crippen molar-refractivity contribution in [2.75, 3.05) is 33.2 Å². The first-order chi connectivity index (χ1) is 11.5. The zero-order valence-corrected chi connectivity index (χ0v) is 17.5. The minimum Gasteiger partial charge on any atom is -0.356 e. The van der Waals surface area contributed by atoms with Crippen LogP contribution < -0.4 is 10.6 Å². The van der Waals surface area contributed by atoms with Crippen molar-refractivity contribution in [1.82, 2.24) is 15.5 Å². The Kier molecular flexibility index (Phi) is 9.63. The average molecular weight is 466 g/mol. The maximum Gasteiger partial charge on any atom is 0.191 e. The molecule has 2 rings (SSSR count). The van der Waals surface area contributed by atoms with E-state index in [9.17, 15) is 8.78 Å². The van der Waals surface area contributed by atoms with Crippen LogP contribution in [-0.2, 0) is 0 Å². The Balaban J connectivity index is 0.00000312. The first-order valence-electron chi connectivity index (χ1n) is 8.68. The zero-order chi connectivity index (χ0) is 17.5.